The Kier molecular flexibility index (Phi) is 24.6. The van der Waals surface area contributed by atoms with Crippen LogP contribution in [0.3, 0.4) is 0 Å². The number of fused-ring (bicyclic) bond motifs is 2. The molecule has 436 valence electrons. The van der Waals surface area contributed by atoms with Crippen molar-refractivity contribution in [2.75, 3.05) is 6.54 Å². The SMILES string of the molecule is CC[C@H]1C[C@H](C)[C@@]2(CC1=O)O[C@@H](C[C@H](O)[C@@H](C)CC/C=C/C=C(\C)[C@@H]1C/C=C/C=C/[C@H](O)[C@H](C)[C@@H](O)[C@@H](CCC(C)C)C(=O)N[C@@H](C(C)C)C(=O)C[C@@H](Cc3cccc(O)c3)C(=O)N3CCC[C@H](N3)C(=O)O1)[C@H](C)[C@H](O)[C@@H]2C. The fourth-order valence-corrected chi connectivity index (χ4v) is 12.2. The lowest BCUT2D eigenvalue weighted by molar-refractivity contribution is -0.255. The summed E-state index contributed by atoms with van der Waals surface area (Å²) in [5, 5.41) is 60.7. The van der Waals surface area contributed by atoms with Crippen LogP contribution in [0.4, 0.5) is 0 Å². The molecule has 3 heterocycles. The second-order valence-corrected chi connectivity index (χ2v) is 24.5. The van der Waals surface area contributed by atoms with Crippen LogP contribution in [0.2, 0.25) is 0 Å². The summed E-state index contributed by atoms with van der Waals surface area (Å²) in [6.45, 7) is 21.6. The number of carbonyl (C=O) groups excluding carboxylic acids is 5. The van der Waals surface area contributed by atoms with E-state index in [4.69, 9.17) is 9.47 Å². The fraction of sp³-hybridized carbons (Fsp3) is 0.698. The summed E-state index contributed by atoms with van der Waals surface area (Å²) >= 11 is 0. The highest BCUT2D eigenvalue weighted by atomic mass is 16.5. The van der Waals surface area contributed by atoms with Crippen LogP contribution >= 0.6 is 0 Å². The summed E-state index contributed by atoms with van der Waals surface area (Å²) in [6.07, 6.45) is 13.1. The number of benzene rings is 1. The van der Waals surface area contributed by atoms with Gasteiger partial charge in [-0.3, -0.25) is 29.0 Å². The standard InChI is InChI=1S/C63H97N3O12/c1-12-46-31-41(8)63(36-54(46)71)44(11)58(72)43(10)56(78-63)35-52(69)39(6)21-15-13-16-22-40(7)55-27-18-14-17-26-51(68)42(9)59(73)49(29-28-37(2)3)60(74)64-57(38(4)5)53(70)34-47(32-45-23-19-24-48(67)33-45)61(75)66-30-20-25-50(65-66)62(76)77-55/h13-14,16-19,22-24,26,33,37-39,41-44,46-47,49-52,55-59,65,67-69,72-73H,12,15,20-21,25,27-32,34-36H2,1-11H3,(H,64,74)/b16-13+,18-14+,26-17+,40-22+/t39-,41-,42-,43-,44-,46-,47+,49+,50-,51-,52-,55-,56-,57-,58-,59+,63+/m0/s1. The van der Waals surface area contributed by atoms with Crippen molar-refractivity contribution in [2.24, 2.45) is 59.2 Å². The minimum absolute atomic E-state index is 0.00662. The number of aromatic hydroxyl groups is 1. The van der Waals surface area contributed by atoms with Crippen molar-refractivity contribution in [3.05, 3.63) is 77.9 Å². The first-order chi connectivity index (χ1) is 36.9. The lowest BCUT2D eigenvalue weighted by Crippen LogP contribution is -2.63. The van der Waals surface area contributed by atoms with Gasteiger partial charge >= 0.3 is 5.97 Å². The third-order valence-electron chi connectivity index (χ3n) is 17.9. The summed E-state index contributed by atoms with van der Waals surface area (Å²) in [5.74, 6) is -4.86. The number of hydrazine groups is 1. The Hall–Kier alpha value is -4.51. The molecule has 1 saturated carbocycles. The number of nitrogens with one attached hydrogen (secondary N) is 2. The van der Waals surface area contributed by atoms with Gasteiger partial charge < -0.3 is 40.3 Å². The zero-order valence-corrected chi connectivity index (χ0v) is 48.7. The van der Waals surface area contributed by atoms with Gasteiger partial charge in [0, 0.05) is 55.9 Å². The second-order valence-electron chi connectivity index (χ2n) is 24.5. The topological polar surface area (TPSA) is 232 Å². The molecule has 0 unspecified atom stereocenters. The Bertz CT molecular complexity index is 2280. The number of nitrogens with zero attached hydrogens (tertiary/aromatic N) is 1. The number of phenolic OH excluding ortho intramolecular Hbond substituents is 1. The van der Waals surface area contributed by atoms with Gasteiger partial charge in [-0.05, 0) is 105 Å². The molecule has 15 heteroatoms. The van der Waals surface area contributed by atoms with Crippen molar-refractivity contribution in [3.8, 4) is 5.75 Å². The van der Waals surface area contributed by atoms with Crippen LogP contribution in [0.15, 0.2) is 72.4 Å². The average Bonchev–Trinajstić information content (AvgIpc) is 3.51. The monoisotopic (exact) mass is 1090 g/mol. The maximum Gasteiger partial charge on any atom is 0.325 e. The Morgan fingerprint density at radius 2 is 1.67 bits per heavy atom. The van der Waals surface area contributed by atoms with Gasteiger partial charge in [0.05, 0.1) is 54.0 Å². The third kappa shape index (κ3) is 17.0. The third-order valence-corrected chi connectivity index (χ3v) is 17.9. The number of Topliss-reactive ketones (excluding diaryl/α,β-unsaturated/α-hetero) is 2. The van der Waals surface area contributed by atoms with Gasteiger partial charge in [-0.15, -0.1) is 0 Å². The van der Waals surface area contributed by atoms with Crippen molar-refractivity contribution in [2.45, 2.75) is 214 Å². The molecule has 1 aromatic carbocycles. The molecular weight excluding hydrogens is 991 g/mol. The minimum Gasteiger partial charge on any atom is -0.508 e. The van der Waals surface area contributed by atoms with E-state index in [0.29, 0.717) is 50.5 Å². The maximum absolute atomic E-state index is 14.6. The average molecular weight is 1090 g/mol. The van der Waals surface area contributed by atoms with Crippen molar-refractivity contribution in [1.82, 2.24) is 15.8 Å². The van der Waals surface area contributed by atoms with Crippen molar-refractivity contribution in [1.29, 1.82) is 0 Å². The van der Waals surface area contributed by atoms with Gasteiger partial charge in [-0.2, -0.15) is 0 Å². The Morgan fingerprint density at radius 3 is 2.35 bits per heavy atom. The van der Waals surface area contributed by atoms with Gasteiger partial charge in [0.1, 0.15) is 23.7 Å². The molecule has 17 atom stereocenters. The van der Waals surface area contributed by atoms with Crippen LogP contribution in [0.25, 0.3) is 0 Å². The molecule has 78 heavy (non-hydrogen) atoms. The van der Waals surface area contributed by atoms with Gasteiger partial charge in [0.25, 0.3) is 0 Å². The van der Waals surface area contributed by atoms with Crippen LogP contribution in [-0.2, 0) is 39.9 Å². The minimum atomic E-state index is -1.26. The number of ketones is 2. The van der Waals surface area contributed by atoms with Crippen LogP contribution in [0.5, 0.6) is 5.75 Å². The Morgan fingerprint density at radius 1 is 0.936 bits per heavy atom. The highest BCUT2D eigenvalue weighted by Crippen LogP contribution is 2.50. The first-order valence-electron chi connectivity index (χ1n) is 29.4. The van der Waals surface area contributed by atoms with E-state index in [-0.39, 0.29) is 91.0 Å². The molecule has 1 aromatic rings. The number of hydrogen-bond acceptors (Lipinski definition) is 13. The van der Waals surface area contributed by atoms with Gasteiger partial charge in [-0.1, -0.05) is 130 Å². The number of aliphatic hydroxyl groups is 4. The summed E-state index contributed by atoms with van der Waals surface area (Å²) in [6, 6.07) is 4.62. The summed E-state index contributed by atoms with van der Waals surface area (Å²) < 4.78 is 13.1. The van der Waals surface area contributed by atoms with Gasteiger partial charge in [0.15, 0.2) is 5.78 Å². The fourth-order valence-electron chi connectivity index (χ4n) is 12.2. The van der Waals surface area contributed by atoms with Crippen molar-refractivity contribution < 1.29 is 59.0 Å². The number of ether oxygens (including phenoxy) is 2. The van der Waals surface area contributed by atoms with E-state index in [2.05, 4.69) is 17.7 Å². The van der Waals surface area contributed by atoms with Gasteiger partial charge in [-0.25, -0.2) is 5.43 Å². The zero-order valence-electron chi connectivity index (χ0n) is 48.7. The number of allylic oxidation sites excluding steroid dienone is 5. The number of aliphatic hydroxyl groups excluding tert-OH is 4. The molecule has 3 fully saturated rings. The molecule has 2 bridgehead atoms. The van der Waals surface area contributed by atoms with Crippen LogP contribution in [-0.4, -0.2) is 121 Å². The molecule has 0 aromatic heterocycles. The van der Waals surface area contributed by atoms with Crippen LogP contribution < -0.4 is 10.7 Å². The lowest BCUT2D eigenvalue weighted by Gasteiger charge is -2.56. The summed E-state index contributed by atoms with van der Waals surface area (Å²) in [4.78, 5) is 70.6. The molecule has 1 aliphatic carbocycles. The van der Waals surface area contributed by atoms with E-state index in [1.54, 1.807) is 43.4 Å². The first kappa shape index (κ1) is 64.3. The van der Waals surface area contributed by atoms with E-state index < -0.39 is 89.8 Å². The zero-order chi connectivity index (χ0) is 57.6. The number of cyclic esters (lactones) is 1. The van der Waals surface area contributed by atoms with E-state index in [0.717, 1.165) is 18.4 Å². The van der Waals surface area contributed by atoms with Crippen LogP contribution in [0.1, 0.15) is 159 Å². The molecule has 15 nitrogen and oxygen atoms in total. The van der Waals surface area contributed by atoms with Crippen molar-refractivity contribution in [3.63, 3.8) is 0 Å². The molecule has 2 saturated heterocycles. The van der Waals surface area contributed by atoms with Gasteiger partial charge in [0.2, 0.25) is 11.8 Å². The number of esters is 1. The number of hydrogen-bond donors (Lipinski definition) is 7. The van der Waals surface area contributed by atoms with E-state index in [1.165, 1.54) is 11.1 Å². The quantitative estimate of drug-likeness (QED) is 0.0647. The molecule has 1 spiro atoms. The molecule has 0 radical (unpaired) electrons. The first-order valence-corrected chi connectivity index (χ1v) is 29.4. The predicted octanol–water partition coefficient (Wildman–Crippen LogP) is 8.45. The lowest BCUT2D eigenvalue weighted by atomic mass is 9.61. The predicted molar refractivity (Wildman–Crippen MR) is 302 cm³/mol. The number of phenols is 1. The largest absolute Gasteiger partial charge is 0.508 e. The Balaban J connectivity index is 1.35. The normalized spacial score (nSPS) is 35.3. The smallest absolute Gasteiger partial charge is 0.325 e. The second kappa shape index (κ2) is 29.8. The summed E-state index contributed by atoms with van der Waals surface area (Å²) in [5.41, 5.74) is 3.73. The molecule has 4 aliphatic rings. The summed E-state index contributed by atoms with van der Waals surface area (Å²) in [7, 11) is 0. The van der Waals surface area contributed by atoms with E-state index in [9.17, 15) is 49.5 Å². The number of rotatable bonds is 15. The van der Waals surface area contributed by atoms with Crippen LogP contribution in [0, 0.1) is 59.2 Å². The molecular formula is C63H97N3O12. The number of carbonyl (C=O) groups is 5. The molecule has 5 rings (SSSR count). The van der Waals surface area contributed by atoms with E-state index >= 15 is 0 Å². The maximum atomic E-state index is 14.6. The number of amides is 2. The van der Waals surface area contributed by atoms with Crippen molar-refractivity contribution >= 4 is 29.4 Å². The van der Waals surface area contributed by atoms with E-state index in [1.807, 2.05) is 86.6 Å². The molecule has 2 amide bonds. The highest BCUT2D eigenvalue weighted by Gasteiger charge is 2.57. The Labute approximate surface area is 465 Å². The molecule has 7 N–H and O–H groups in total. The highest BCUT2D eigenvalue weighted by molar-refractivity contribution is 5.93. The molecule has 3 aliphatic heterocycles.